The quantitative estimate of drug-likeness (QED) is 0.540. The number of aromatic nitrogens is 1. The van der Waals surface area contributed by atoms with E-state index >= 15 is 0 Å². The first-order chi connectivity index (χ1) is 14.5. The molecule has 0 fully saturated rings. The second-order valence-corrected chi connectivity index (χ2v) is 7.15. The third kappa shape index (κ3) is 5.06. The van der Waals surface area contributed by atoms with Crippen LogP contribution in [0.4, 0.5) is 0 Å². The number of amides is 1. The number of aryl methyl sites for hydroxylation is 2. The Morgan fingerprint density at radius 3 is 2.60 bits per heavy atom. The van der Waals surface area contributed by atoms with Gasteiger partial charge in [0.1, 0.15) is 18.1 Å². The lowest BCUT2D eigenvalue weighted by atomic mass is 10.1. The Labute approximate surface area is 176 Å². The number of hydrogen-bond donors (Lipinski definition) is 0. The van der Waals surface area contributed by atoms with Gasteiger partial charge in [-0.1, -0.05) is 30.3 Å². The number of carbonyl (C=O) groups is 1. The van der Waals surface area contributed by atoms with E-state index in [0.29, 0.717) is 36.6 Å². The van der Waals surface area contributed by atoms with E-state index in [1.807, 2.05) is 49.9 Å². The van der Waals surface area contributed by atoms with Gasteiger partial charge in [-0.3, -0.25) is 4.79 Å². The predicted molar refractivity (Wildman–Crippen MR) is 113 cm³/mol. The van der Waals surface area contributed by atoms with Gasteiger partial charge in [0.25, 0.3) is 5.91 Å². The summed E-state index contributed by atoms with van der Waals surface area (Å²) in [5.74, 6) is 1.30. The molecule has 6 heteroatoms. The lowest BCUT2D eigenvalue weighted by molar-refractivity contribution is 0.0742. The summed E-state index contributed by atoms with van der Waals surface area (Å²) in [6.07, 6.45) is 0.851. The van der Waals surface area contributed by atoms with E-state index in [0.717, 1.165) is 29.0 Å². The van der Waals surface area contributed by atoms with Crippen LogP contribution in [0.5, 0.6) is 5.75 Å². The molecule has 6 nitrogen and oxygen atoms in total. The molecule has 0 aliphatic heterocycles. The van der Waals surface area contributed by atoms with Crippen LogP contribution in [0.15, 0.2) is 53.1 Å². The summed E-state index contributed by atoms with van der Waals surface area (Å²) in [6.45, 7) is 7.24. The van der Waals surface area contributed by atoms with Gasteiger partial charge in [0.05, 0.1) is 22.9 Å². The summed E-state index contributed by atoms with van der Waals surface area (Å²) in [6, 6.07) is 16.6. The van der Waals surface area contributed by atoms with Crippen molar-refractivity contribution in [2.24, 2.45) is 0 Å². The third-order valence-corrected chi connectivity index (χ3v) is 4.88. The van der Waals surface area contributed by atoms with E-state index in [1.165, 1.54) is 0 Å². The molecule has 0 saturated carbocycles. The Balaban J connectivity index is 1.72. The molecule has 154 valence electrons. The van der Waals surface area contributed by atoms with Crippen molar-refractivity contribution in [1.82, 2.24) is 10.1 Å². The summed E-state index contributed by atoms with van der Waals surface area (Å²) in [4.78, 5) is 15.0. The highest BCUT2D eigenvalue weighted by Crippen LogP contribution is 2.20. The Morgan fingerprint density at radius 1 is 1.20 bits per heavy atom. The average Bonchev–Trinajstić information content (AvgIpc) is 3.09. The first kappa shape index (κ1) is 21.1. The Morgan fingerprint density at radius 2 is 1.97 bits per heavy atom. The average molecular weight is 403 g/mol. The van der Waals surface area contributed by atoms with Gasteiger partial charge in [-0.2, -0.15) is 5.26 Å². The molecule has 0 aliphatic rings. The van der Waals surface area contributed by atoms with E-state index in [1.54, 1.807) is 24.3 Å². The molecule has 0 atom stereocenters. The van der Waals surface area contributed by atoms with Gasteiger partial charge >= 0.3 is 0 Å². The van der Waals surface area contributed by atoms with E-state index < -0.39 is 0 Å². The molecule has 1 amide bonds. The molecule has 0 bridgehead atoms. The fourth-order valence-electron chi connectivity index (χ4n) is 3.19. The Bertz CT molecular complexity index is 1030. The summed E-state index contributed by atoms with van der Waals surface area (Å²) >= 11 is 0. The van der Waals surface area contributed by atoms with Crippen LogP contribution in [0, 0.1) is 25.2 Å². The number of benzene rings is 2. The van der Waals surface area contributed by atoms with Crippen molar-refractivity contribution in [2.45, 2.75) is 40.3 Å². The van der Waals surface area contributed by atoms with Crippen LogP contribution in [0.2, 0.25) is 0 Å². The van der Waals surface area contributed by atoms with E-state index in [9.17, 15) is 4.79 Å². The summed E-state index contributed by atoms with van der Waals surface area (Å²) in [7, 11) is 0. The minimum absolute atomic E-state index is 0.0519. The lowest BCUT2D eigenvalue weighted by Gasteiger charge is -2.22. The molecule has 0 saturated heterocycles. The zero-order valence-electron chi connectivity index (χ0n) is 17.5. The number of rotatable bonds is 8. The molecule has 0 spiro atoms. The summed E-state index contributed by atoms with van der Waals surface area (Å²) < 4.78 is 11.1. The molecule has 0 radical (unpaired) electrons. The summed E-state index contributed by atoms with van der Waals surface area (Å²) in [5, 5.41) is 12.9. The number of ether oxygens (including phenoxy) is 1. The van der Waals surface area contributed by atoms with Gasteiger partial charge in [-0.15, -0.1) is 0 Å². The van der Waals surface area contributed by atoms with Gasteiger partial charge in [-0.05, 0) is 56.2 Å². The van der Waals surface area contributed by atoms with Gasteiger partial charge < -0.3 is 14.2 Å². The van der Waals surface area contributed by atoms with Crippen molar-refractivity contribution < 1.29 is 14.1 Å². The molecular formula is C24H25N3O3. The highest BCUT2D eigenvalue weighted by Gasteiger charge is 2.17. The fraction of sp³-hybridized carbons (Fsp3) is 0.292. The SMILES string of the molecule is CCCN(Cc1ccc(C#N)cc1)C(=O)c1cccc(OCc2c(C)noc2C)c1. The molecular weight excluding hydrogens is 378 g/mol. The highest BCUT2D eigenvalue weighted by atomic mass is 16.5. The van der Waals surface area contributed by atoms with Crippen LogP contribution in [-0.4, -0.2) is 22.5 Å². The predicted octanol–water partition coefficient (Wildman–Crippen LogP) is 4.79. The van der Waals surface area contributed by atoms with Crippen molar-refractivity contribution in [3.05, 3.63) is 82.2 Å². The molecule has 3 aromatic rings. The number of nitrogens with zero attached hydrogens (tertiary/aromatic N) is 3. The van der Waals surface area contributed by atoms with Crippen molar-refractivity contribution in [2.75, 3.05) is 6.54 Å². The zero-order valence-corrected chi connectivity index (χ0v) is 17.5. The van der Waals surface area contributed by atoms with Gasteiger partial charge in [-0.25, -0.2) is 0 Å². The number of hydrogen-bond acceptors (Lipinski definition) is 5. The monoisotopic (exact) mass is 403 g/mol. The maximum Gasteiger partial charge on any atom is 0.254 e. The van der Waals surface area contributed by atoms with E-state index in [2.05, 4.69) is 11.2 Å². The third-order valence-electron chi connectivity index (χ3n) is 4.88. The molecule has 2 aromatic carbocycles. The van der Waals surface area contributed by atoms with Crippen LogP contribution in [0.3, 0.4) is 0 Å². The van der Waals surface area contributed by atoms with Crippen molar-refractivity contribution in [1.29, 1.82) is 5.26 Å². The number of nitriles is 1. The van der Waals surface area contributed by atoms with Crippen LogP contribution >= 0.6 is 0 Å². The zero-order chi connectivity index (χ0) is 21.5. The van der Waals surface area contributed by atoms with Gasteiger partial charge in [0.2, 0.25) is 0 Å². The second kappa shape index (κ2) is 9.75. The molecule has 0 unspecified atom stereocenters. The lowest BCUT2D eigenvalue weighted by Crippen LogP contribution is -2.31. The smallest absolute Gasteiger partial charge is 0.254 e. The summed E-state index contributed by atoms with van der Waals surface area (Å²) in [5.41, 5.74) is 3.89. The van der Waals surface area contributed by atoms with Crippen LogP contribution < -0.4 is 4.74 Å². The van der Waals surface area contributed by atoms with E-state index in [-0.39, 0.29) is 5.91 Å². The number of carbonyl (C=O) groups excluding carboxylic acids is 1. The van der Waals surface area contributed by atoms with Crippen LogP contribution in [0.25, 0.3) is 0 Å². The molecule has 0 N–H and O–H groups in total. The van der Waals surface area contributed by atoms with Crippen molar-refractivity contribution in [3.63, 3.8) is 0 Å². The molecule has 1 heterocycles. The van der Waals surface area contributed by atoms with Gasteiger partial charge in [0, 0.05) is 18.7 Å². The van der Waals surface area contributed by atoms with Crippen LogP contribution in [-0.2, 0) is 13.2 Å². The molecule has 0 aliphatic carbocycles. The second-order valence-electron chi connectivity index (χ2n) is 7.15. The normalized spacial score (nSPS) is 10.5. The fourth-order valence-corrected chi connectivity index (χ4v) is 3.19. The Kier molecular flexibility index (Phi) is 6.87. The molecule has 3 rings (SSSR count). The van der Waals surface area contributed by atoms with E-state index in [4.69, 9.17) is 14.5 Å². The van der Waals surface area contributed by atoms with Gasteiger partial charge in [0.15, 0.2) is 0 Å². The van der Waals surface area contributed by atoms with Crippen molar-refractivity contribution in [3.8, 4) is 11.8 Å². The first-order valence-corrected chi connectivity index (χ1v) is 9.94. The minimum Gasteiger partial charge on any atom is -0.489 e. The maximum absolute atomic E-state index is 13.1. The molecule has 1 aromatic heterocycles. The Hall–Kier alpha value is -3.59. The highest BCUT2D eigenvalue weighted by molar-refractivity contribution is 5.94. The maximum atomic E-state index is 13.1. The largest absolute Gasteiger partial charge is 0.489 e. The van der Waals surface area contributed by atoms with Crippen LogP contribution in [0.1, 0.15) is 51.8 Å². The standard InChI is InChI=1S/C24H25N3O3/c1-4-12-27(15-20-10-8-19(14-25)9-11-20)24(28)21-6-5-7-22(13-21)29-16-23-17(2)26-30-18(23)3/h5-11,13H,4,12,15-16H2,1-3H3. The minimum atomic E-state index is -0.0519. The molecule has 30 heavy (non-hydrogen) atoms. The first-order valence-electron chi connectivity index (χ1n) is 9.94. The van der Waals surface area contributed by atoms with Crippen molar-refractivity contribution >= 4 is 5.91 Å². The topological polar surface area (TPSA) is 79.4 Å².